The average Bonchev–Trinajstić information content (AvgIpc) is 2.96. The molecule has 0 aliphatic rings. The van der Waals surface area contributed by atoms with Gasteiger partial charge in [0.05, 0.1) is 11.2 Å². The third-order valence-electron chi connectivity index (χ3n) is 4.28. The predicted octanol–water partition coefficient (Wildman–Crippen LogP) is 3.25. The van der Waals surface area contributed by atoms with E-state index < -0.39 is 0 Å². The Morgan fingerprint density at radius 3 is 2.33 bits per heavy atom. The van der Waals surface area contributed by atoms with E-state index in [0.717, 1.165) is 31.4 Å². The molecule has 122 valence electrons. The summed E-state index contributed by atoms with van der Waals surface area (Å²) in [5.74, 6) is 0.382. The lowest BCUT2D eigenvalue weighted by Gasteiger charge is -2.30. The van der Waals surface area contributed by atoms with E-state index in [1.54, 1.807) is 6.07 Å². The van der Waals surface area contributed by atoms with Crippen LogP contribution in [0.4, 0.5) is 0 Å². The van der Waals surface area contributed by atoms with Crippen LogP contribution in [0.5, 0.6) is 0 Å². The fourth-order valence-electron chi connectivity index (χ4n) is 2.36. The van der Waals surface area contributed by atoms with Gasteiger partial charge in [0.15, 0.2) is 0 Å². The van der Waals surface area contributed by atoms with Crippen LogP contribution in [0.3, 0.4) is 0 Å². The summed E-state index contributed by atoms with van der Waals surface area (Å²) in [4.78, 5) is 12.2. The number of nitrogens with one attached hydrogen (secondary N) is 1. The highest BCUT2D eigenvalue weighted by Crippen LogP contribution is 2.23. The van der Waals surface area contributed by atoms with Crippen molar-refractivity contribution in [3.05, 3.63) is 17.5 Å². The number of halogens is 1. The lowest BCUT2D eigenvalue weighted by molar-refractivity contribution is 0.0857. The van der Waals surface area contributed by atoms with E-state index in [1.165, 1.54) is 0 Å². The first-order valence-electron chi connectivity index (χ1n) is 7.54. The van der Waals surface area contributed by atoms with Gasteiger partial charge in [-0.1, -0.05) is 32.9 Å². The van der Waals surface area contributed by atoms with Crippen molar-refractivity contribution in [1.82, 2.24) is 10.5 Å². The highest BCUT2D eigenvalue weighted by atomic mass is 35.5. The number of hydrogen-bond acceptors (Lipinski definition) is 4. The van der Waals surface area contributed by atoms with Crippen LogP contribution >= 0.6 is 12.4 Å². The van der Waals surface area contributed by atoms with Gasteiger partial charge in [-0.25, -0.2) is 0 Å². The van der Waals surface area contributed by atoms with Crippen molar-refractivity contribution >= 4 is 18.3 Å². The Labute approximate surface area is 133 Å². The number of hydrogen-bond donors (Lipinski definition) is 2. The zero-order valence-corrected chi connectivity index (χ0v) is 14.3. The van der Waals surface area contributed by atoms with Crippen molar-refractivity contribution in [2.24, 2.45) is 5.73 Å². The molecule has 0 saturated carbocycles. The molecular weight excluding hydrogens is 290 g/mol. The zero-order valence-electron chi connectivity index (χ0n) is 13.4. The van der Waals surface area contributed by atoms with Crippen LogP contribution in [-0.4, -0.2) is 23.1 Å². The second-order valence-electron chi connectivity index (χ2n) is 5.28. The molecule has 21 heavy (non-hydrogen) atoms. The summed E-state index contributed by atoms with van der Waals surface area (Å²) in [6.45, 7) is 8.67. The summed E-state index contributed by atoms with van der Waals surface area (Å²) >= 11 is 0. The SMILES string of the molecule is CCC(CC)c1cc(C(=O)NC(CC)(CC)CN)on1.Cl. The molecule has 0 radical (unpaired) electrons. The minimum atomic E-state index is -0.362. The molecule has 1 aromatic rings. The van der Waals surface area contributed by atoms with E-state index in [2.05, 4.69) is 24.3 Å². The van der Waals surface area contributed by atoms with Crippen LogP contribution in [0.2, 0.25) is 0 Å². The van der Waals surface area contributed by atoms with Gasteiger partial charge in [-0.15, -0.1) is 12.4 Å². The van der Waals surface area contributed by atoms with Crippen molar-refractivity contribution in [3.63, 3.8) is 0 Å². The number of nitrogens with two attached hydrogens (primary N) is 1. The lowest BCUT2D eigenvalue weighted by atomic mass is 9.92. The van der Waals surface area contributed by atoms with Gasteiger partial charge in [0, 0.05) is 18.5 Å². The highest BCUT2D eigenvalue weighted by Gasteiger charge is 2.28. The maximum absolute atomic E-state index is 12.2. The molecule has 0 saturated heterocycles. The molecule has 1 heterocycles. The van der Waals surface area contributed by atoms with E-state index in [4.69, 9.17) is 10.3 Å². The lowest BCUT2D eigenvalue weighted by Crippen LogP contribution is -2.52. The van der Waals surface area contributed by atoms with E-state index >= 15 is 0 Å². The van der Waals surface area contributed by atoms with Crippen LogP contribution in [0.1, 0.15) is 75.5 Å². The Morgan fingerprint density at radius 1 is 1.33 bits per heavy atom. The molecular formula is C15H28ClN3O2. The molecule has 0 aromatic carbocycles. The van der Waals surface area contributed by atoms with Crippen molar-refractivity contribution < 1.29 is 9.32 Å². The summed E-state index contributed by atoms with van der Waals surface area (Å²) in [5.41, 5.74) is 6.28. The molecule has 0 atom stereocenters. The maximum atomic E-state index is 12.2. The van der Waals surface area contributed by atoms with Gasteiger partial charge in [-0.2, -0.15) is 0 Å². The molecule has 0 spiro atoms. The molecule has 3 N–H and O–H groups in total. The minimum Gasteiger partial charge on any atom is -0.351 e. The van der Waals surface area contributed by atoms with Crippen molar-refractivity contribution in [2.75, 3.05) is 6.54 Å². The molecule has 5 nitrogen and oxygen atoms in total. The molecule has 1 aromatic heterocycles. The summed E-state index contributed by atoms with van der Waals surface area (Å²) in [6.07, 6.45) is 3.56. The molecule has 1 amide bonds. The minimum absolute atomic E-state index is 0. The zero-order chi connectivity index (χ0) is 15.2. The number of nitrogens with zero attached hydrogens (tertiary/aromatic N) is 1. The molecule has 0 aliphatic heterocycles. The summed E-state index contributed by atoms with van der Waals surface area (Å²) < 4.78 is 5.19. The summed E-state index contributed by atoms with van der Waals surface area (Å²) in [5, 5.41) is 7.01. The monoisotopic (exact) mass is 317 g/mol. The van der Waals surface area contributed by atoms with Crippen LogP contribution in [-0.2, 0) is 0 Å². The highest BCUT2D eigenvalue weighted by molar-refractivity contribution is 5.92. The molecule has 0 bridgehead atoms. The third-order valence-corrected chi connectivity index (χ3v) is 4.28. The number of amides is 1. The second kappa shape index (κ2) is 9.05. The van der Waals surface area contributed by atoms with E-state index in [0.29, 0.717) is 12.5 Å². The quantitative estimate of drug-likeness (QED) is 0.771. The van der Waals surface area contributed by atoms with Gasteiger partial charge < -0.3 is 15.6 Å². The van der Waals surface area contributed by atoms with Crippen LogP contribution in [0.25, 0.3) is 0 Å². The average molecular weight is 318 g/mol. The van der Waals surface area contributed by atoms with Gasteiger partial charge in [-0.3, -0.25) is 4.79 Å². The molecule has 0 fully saturated rings. The fraction of sp³-hybridized carbons (Fsp3) is 0.733. The number of carbonyl (C=O) groups excluding carboxylic acids is 1. The van der Waals surface area contributed by atoms with Crippen LogP contribution in [0, 0.1) is 0 Å². The molecule has 0 aliphatic carbocycles. The Balaban J connectivity index is 0.00000400. The van der Waals surface area contributed by atoms with Crippen molar-refractivity contribution in [3.8, 4) is 0 Å². The van der Waals surface area contributed by atoms with Gasteiger partial charge in [0.25, 0.3) is 5.91 Å². The van der Waals surface area contributed by atoms with Gasteiger partial charge in [0.2, 0.25) is 5.76 Å². The van der Waals surface area contributed by atoms with Crippen molar-refractivity contribution in [1.29, 1.82) is 0 Å². The Morgan fingerprint density at radius 2 is 1.90 bits per heavy atom. The first-order valence-corrected chi connectivity index (χ1v) is 7.54. The number of carbonyl (C=O) groups is 1. The largest absolute Gasteiger partial charge is 0.351 e. The van der Waals surface area contributed by atoms with E-state index in [1.807, 2.05) is 13.8 Å². The fourth-order valence-corrected chi connectivity index (χ4v) is 2.36. The first kappa shape index (κ1) is 19.9. The third kappa shape index (κ3) is 4.71. The van der Waals surface area contributed by atoms with E-state index in [-0.39, 0.29) is 29.6 Å². The van der Waals surface area contributed by atoms with Crippen LogP contribution < -0.4 is 11.1 Å². The van der Waals surface area contributed by atoms with Gasteiger partial charge >= 0.3 is 0 Å². The smallest absolute Gasteiger partial charge is 0.290 e. The first-order chi connectivity index (χ1) is 9.55. The van der Waals surface area contributed by atoms with Crippen molar-refractivity contribution in [2.45, 2.75) is 64.8 Å². The predicted molar refractivity (Wildman–Crippen MR) is 86.9 cm³/mol. The maximum Gasteiger partial charge on any atom is 0.290 e. The Kier molecular flexibility index (Phi) is 8.59. The number of aromatic nitrogens is 1. The number of rotatable bonds is 8. The Hall–Kier alpha value is -1.07. The summed E-state index contributed by atoms with van der Waals surface area (Å²) in [6, 6.07) is 1.75. The molecule has 1 rings (SSSR count). The second-order valence-corrected chi connectivity index (χ2v) is 5.28. The van der Waals surface area contributed by atoms with Gasteiger partial charge in [0.1, 0.15) is 0 Å². The molecule has 0 unspecified atom stereocenters. The van der Waals surface area contributed by atoms with Gasteiger partial charge in [-0.05, 0) is 25.7 Å². The molecule has 6 heteroatoms. The standard InChI is InChI=1S/C15H27N3O2.ClH/c1-5-11(6-2)12-9-13(20-18-12)14(19)17-15(7-3,8-4)10-16;/h9,11H,5-8,10,16H2,1-4H3,(H,17,19);1H. The summed E-state index contributed by atoms with van der Waals surface area (Å²) in [7, 11) is 0. The normalized spacial score (nSPS) is 11.3. The topological polar surface area (TPSA) is 81.2 Å². The van der Waals surface area contributed by atoms with Crippen LogP contribution in [0.15, 0.2) is 10.6 Å². The Bertz CT molecular complexity index is 418. The van der Waals surface area contributed by atoms with E-state index in [9.17, 15) is 4.79 Å².